The first kappa shape index (κ1) is 28.4. The molecule has 2 atom stereocenters. The number of carbonyl (C=O) groups excluding carboxylic acids is 3. The highest BCUT2D eigenvalue weighted by molar-refractivity contribution is 6.74. The molecule has 10 heteroatoms. The van der Waals surface area contributed by atoms with Gasteiger partial charge < -0.3 is 31.8 Å². The van der Waals surface area contributed by atoms with Gasteiger partial charge in [0, 0.05) is 12.2 Å². The number of nitrogens with two attached hydrogens (primary N) is 2. The molecule has 0 bridgehead atoms. The molecule has 0 aliphatic rings. The molecule has 186 valence electrons. The van der Waals surface area contributed by atoms with E-state index < -0.39 is 32.3 Å². The summed E-state index contributed by atoms with van der Waals surface area (Å²) in [6.45, 7) is 14.8. The Labute approximate surface area is 198 Å². The van der Waals surface area contributed by atoms with Gasteiger partial charge in [-0.1, -0.05) is 34.6 Å². The Morgan fingerprint density at radius 1 is 1.06 bits per heavy atom. The number of hydrogen-bond donors (Lipinski definition) is 5. The summed E-state index contributed by atoms with van der Waals surface area (Å²) in [6.07, 6.45) is 0.771. The zero-order valence-electron chi connectivity index (χ0n) is 21.0. The van der Waals surface area contributed by atoms with E-state index in [-0.39, 0.29) is 16.9 Å². The molecule has 0 aromatic heterocycles. The summed E-state index contributed by atoms with van der Waals surface area (Å²) in [5.74, 6) is -0.0777. The number of carbonyl (C=O) groups is 3. The Morgan fingerprint density at radius 2 is 1.64 bits per heavy atom. The number of amides is 4. The molecule has 9 nitrogen and oxygen atoms in total. The fraction of sp³-hybridized carbons (Fsp3) is 0.609. The van der Waals surface area contributed by atoms with Gasteiger partial charge in [0.15, 0.2) is 0 Å². The highest BCUT2D eigenvalue weighted by Crippen LogP contribution is 2.37. The standard InChI is InChI=1S/C23H41N5O4Si/c1-15(2)19(24)21(30)28-18(9-8-14-26-22(25)31)20(29)27-16-10-12-17(13-11-16)32-33(6,7)23(3,4)5/h10-13,15,18-19H,8-9,14,24H2,1-7H3,(H,27,29)(H,28,30)(H3,25,26,31)/t18?,19-/m0/s1. The first-order valence-electron chi connectivity index (χ1n) is 11.3. The molecule has 0 spiro atoms. The van der Waals surface area contributed by atoms with Gasteiger partial charge in [-0.25, -0.2) is 4.79 Å². The maximum atomic E-state index is 12.9. The molecule has 0 aliphatic heterocycles. The number of rotatable bonds is 11. The quantitative estimate of drug-likeness (QED) is 0.244. The minimum absolute atomic E-state index is 0.0707. The van der Waals surface area contributed by atoms with Gasteiger partial charge in [-0.05, 0) is 61.2 Å². The van der Waals surface area contributed by atoms with E-state index in [0.717, 1.165) is 5.75 Å². The lowest BCUT2D eigenvalue weighted by Gasteiger charge is -2.36. The maximum absolute atomic E-state index is 12.9. The largest absolute Gasteiger partial charge is 0.544 e. The molecule has 1 aromatic carbocycles. The lowest BCUT2D eigenvalue weighted by atomic mass is 10.0. The molecule has 0 aliphatic carbocycles. The van der Waals surface area contributed by atoms with Crippen LogP contribution in [0.15, 0.2) is 24.3 Å². The van der Waals surface area contributed by atoms with Gasteiger partial charge in [-0.3, -0.25) is 9.59 Å². The molecule has 0 saturated carbocycles. The Morgan fingerprint density at radius 3 is 2.12 bits per heavy atom. The predicted octanol–water partition coefficient (Wildman–Crippen LogP) is 2.93. The second kappa shape index (κ2) is 12.0. The summed E-state index contributed by atoms with van der Waals surface area (Å²) in [6, 6.07) is 5.03. The summed E-state index contributed by atoms with van der Waals surface area (Å²) in [5.41, 5.74) is 11.6. The van der Waals surface area contributed by atoms with Gasteiger partial charge in [0.05, 0.1) is 6.04 Å². The zero-order valence-corrected chi connectivity index (χ0v) is 22.0. The van der Waals surface area contributed by atoms with Crippen LogP contribution in [0.1, 0.15) is 47.5 Å². The second-order valence-corrected chi connectivity index (χ2v) is 14.9. The van der Waals surface area contributed by atoms with Crippen molar-refractivity contribution in [2.45, 2.75) is 77.7 Å². The first-order chi connectivity index (χ1) is 15.1. The minimum atomic E-state index is -1.96. The lowest BCUT2D eigenvalue weighted by Crippen LogP contribution is -2.51. The topological polar surface area (TPSA) is 149 Å². The third-order valence-corrected chi connectivity index (χ3v) is 10.3. The average Bonchev–Trinajstić information content (AvgIpc) is 2.69. The van der Waals surface area contributed by atoms with Crippen molar-refractivity contribution >= 4 is 31.9 Å². The third kappa shape index (κ3) is 9.43. The molecule has 0 radical (unpaired) electrons. The van der Waals surface area contributed by atoms with E-state index in [1.165, 1.54) is 0 Å². The van der Waals surface area contributed by atoms with Crippen LogP contribution in [0.25, 0.3) is 0 Å². The van der Waals surface area contributed by atoms with Crippen LogP contribution in [0.2, 0.25) is 18.1 Å². The van der Waals surface area contributed by atoms with Gasteiger partial charge in [0.1, 0.15) is 11.8 Å². The highest BCUT2D eigenvalue weighted by atomic mass is 28.4. The van der Waals surface area contributed by atoms with Gasteiger partial charge in [-0.2, -0.15) is 0 Å². The summed E-state index contributed by atoms with van der Waals surface area (Å²) in [4.78, 5) is 36.2. The number of hydrogen-bond acceptors (Lipinski definition) is 5. The van der Waals surface area contributed by atoms with Crippen molar-refractivity contribution in [1.82, 2.24) is 10.6 Å². The molecular weight excluding hydrogens is 438 g/mol. The van der Waals surface area contributed by atoms with Crippen LogP contribution in [0, 0.1) is 5.92 Å². The molecule has 4 amide bonds. The Hall–Kier alpha value is -2.59. The van der Waals surface area contributed by atoms with E-state index in [4.69, 9.17) is 15.9 Å². The van der Waals surface area contributed by atoms with E-state index in [1.807, 2.05) is 26.0 Å². The molecule has 0 heterocycles. The molecule has 1 aromatic rings. The Balaban J connectivity index is 2.85. The molecule has 7 N–H and O–H groups in total. The second-order valence-electron chi connectivity index (χ2n) is 10.1. The van der Waals surface area contributed by atoms with Gasteiger partial charge in [0.25, 0.3) is 0 Å². The van der Waals surface area contributed by atoms with Crippen LogP contribution in [0.4, 0.5) is 10.5 Å². The van der Waals surface area contributed by atoms with Crippen LogP contribution in [-0.2, 0) is 9.59 Å². The average molecular weight is 480 g/mol. The molecule has 1 rings (SSSR count). The molecule has 33 heavy (non-hydrogen) atoms. The lowest BCUT2D eigenvalue weighted by molar-refractivity contribution is -0.128. The van der Waals surface area contributed by atoms with Gasteiger partial charge in [0.2, 0.25) is 20.1 Å². The predicted molar refractivity (Wildman–Crippen MR) is 134 cm³/mol. The van der Waals surface area contributed by atoms with Crippen LogP contribution in [0.3, 0.4) is 0 Å². The van der Waals surface area contributed by atoms with E-state index >= 15 is 0 Å². The smallest absolute Gasteiger partial charge is 0.312 e. The number of anilines is 1. The van der Waals surface area contributed by atoms with Crippen LogP contribution in [0.5, 0.6) is 5.75 Å². The van der Waals surface area contributed by atoms with Crippen molar-refractivity contribution in [3.05, 3.63) is 24.3 Å². The summed E-state index contributed by atoms with van der Waals surface area (Å²) < 4.78 is 6.27. The molecule has 0 saturated heterocycles. The first-order valence-corrected chi connectivity index (χ1v) is 14.2. The molecular formula is C23H41N5O4Si. The Bertz CT molecular complexity index is 806. The normalized spacial score (nSPS) is 13.7. The summed E-state index contributed by atoms with van der Waals surface area (Å²) >= 11 is 0. The fourth-order valence-corrected chi connectivity index (χ4v) is 3.67. The van der Waals surface area contributed by atoms with Crippen molar-refractivity contribution in [2.24, 2.45) is 17.4 Å². The highest BCUT2D eigenvalue weighted by Gasteiger charge is 2.39. The molecule has 0 fully saturated rings. The molecule has 1 unspecified atom stereocenters. The van der Waals surface area contributed by atoms with Crippen LogP contribution < -0.4 is 31.8 Å². The zero-order chi connectivity index (χ0) is 25.4. The van der Waals surface area contributed by atoms with E-state index in [0.29, 0.717) is 25.1 Å². The number of urea groups is 1. The summed E-state index contributed by atoms with van der Waals surface area (Å²) in [5, 5.41) is 8.11. The van der Waals surface area contributed by atoms with Crippen LogP contribution >= 0.6 is 0 Å². The maximum Gasteiger partial charge on any atom is 0.312 e. The minimum Gasteiger partial charge on any atom is -0.544 e. The van der Waals surface area contributed by atoms with Crippen molar-refractivity contribution in [3.8, 4) is 5.75 Å². The number of benzene rings is 1. The van der Waals surface area contributed by atoms with E-state index in [9.17, 15) is 14.4 Å². The van der Waals surface area contributed by atoms with Gasteiger partial charge >= 0.3 is 6.03 Å². The van der Waals surface area contributed by atoms with Gasteiger partial charge in [-0.15, -0.1) is 0 Å². The Kier molecular flexibility index (Phi) is 10.4. The van der Waals surface area contributed by atoms with Crippen molar-refractivity contribution < 1.29 is 18.8 Å². The third-order valence-electron chi connectivity index (χ3n) is 5.92. The fourth-order valence-electron chi connectivity index (χ4n) is 2.64. The number of nitrogens with one attached hydrogen (secondary N) is 3. The van der Waals surface area contributed by atoms with E-state index in [2.05, 4.69) is 49.8 Å². The van der Waals surface area contributed by atoms with Crippen molar-refractivity contribution in [3.63, 3.8) is 0 Å². The number of primary amides is 1. The summed E-state index contributed by atoms with van der Waals surface area (Å²) in [7, 11) is -1.96. The van der Waals surface area contributed by atoms with Crippen LogP contribution in [-0.4, -0.2) is 44.8 Å². The SMILES string of the molecule is CC(C)[C@H](N)C(=O)NC(CCCNC(N)=O)C(=O)Nc1ccc(O[Si](C)(C)C(C)(C)C)cc1. The monoisotopic (exact) mass is 479 g/mol. The van der Waals surface area contributed by atoms with Crippen molar-refractivity contribution in [2.75, 3.05) is 11.9 Å². The van der Waals surface area contributed by atoms with E-state index in [1.54, 1.807) is 12.1 Å². The van der Waals surface area contributed by atoms with Crippen molar-refractivity contribution in [1.29, 1.82) is 0 Å².